The Morgan fingerprint density at radius 1 is 0.763 bits per heavy atom. The zero-order valence-corrected chi connectivity index (χ0v) is 23.5. The number of benzene rings is 4. The third-order valence-electron chi connectivity index (χ3n) is 7.62. The van der Waals surface area contributed by atoms with E-state index in [9.17, 15) is 16.8 Å². The van der Waals surface area contributed by atoms with E-state index < -0.39 is 36.1 Å². The second-order valence-electron chi connectivity index (χ2n) is 9.74. The van der Waals surface area contributed by atoms with Crippen LogP contribution < -0.4 is 4.74 Å². The fourth-order valence-corrected chi connectivity index (χ4v) is 10.9. The van der Waals surface area contributed by atoms with Crippen LogP contribution in [-0.4, -0.2) is 33.9 Å². The molecule has 0 fully saturated rings. The van der Waals surface area contributed by atoms with Gasteiger partial charge in [-0.1, -0.05) is 70.5 Å². The van der Waals surface area contributed by atoms with E-state index in [1.54, 1.807) is 48.5 Å². The second kappa shape index (κ2) is 9.67. The number of ether oxygens (including phenoxy) is 1. The van der Waals surface area contributed by atoms with Gasteiger partial charge in [-0.3, -0.25) is 0 Å². The molecule has 0 bridgehead atoms. The summed E-state index contributed by atoms with van der Waals surface area (Å²) >= 11 is 3.53. The highest BCUT2D eigenvalue weighted by molar-refractivity contribution is 9.10. The maximum Gasteiger partial charge on any atom is 0.183 e. The smallest absolute Gasteiger partial charge is 0.183 e. The van der Waals surface area contributed by atoms with E-state index in [0.29, 0.717) is 12.2 Å². The van der Waals surface area contributed by atoms with Crippen molar-refractivity contribution < 1.29 is 21.6 Å². The number of sulfone groups is 2. The van der Waals surface area contributed by atoms with Gasteiger partial charge in [0.25, 0.3) is 0 Å². The first-order chi connectivity index (χ1) is 18.3. The predicted molar refractivity (Wildman–Crippen MR) is 152 cm³/mol. The Morgan fingerprint density at radius 3 is 2.11 bits per heavy atom. The topological polar surface area (TPSA) is 77.5 Å². The standard InChI is InChI=1S/C30H25BrO5S2/c31-22-13-14-25-20(17-22)11-15-28-27(25)18-26-21(19-36-28)12-16-29(37(32,33)23-7-3-1-4-8-23)30(26)38(34,35)24-9-5-2-6-10-24/h1-15,17,26,29-30H,16,18-19H2/t26-,29+,30+/m1/s1. The molecule has 8 heteroatoms. The molecule has 5 nitrogen and oxygen atoms in total. The lowest BCUT2D eigenvalue weighted by molar-refractivity contribution is 0.338. The van der Waals surface area contributed by atoms with E-state index in [-0.39, 0.29) is 22.8 Å². The molecule has 0 saturated heterocycles. The van der Waals surface area contributed by atoms with Crippen LogP contribution in [0.25, 0.3) is 10.8 Å². The van der Waals surface area contributed by atoms with Crippen molar-refractivity contribution in [3.05, 3.63) is 113 Å². The van der Waals surface area contributed by atoms with E-state index in [1.807, 2.05) is 36.4 Å². The summed E-state index contributed by atoms with van der Waals surface area (Å²) in [7, 11) is -8.00. The number of hydrogen-bond donors (Lipinski definition) is 0. The second-order valence-corrected chi connectivity index (χ2v) is 14.9. The average molecular weight is 610 g/mol. The van der Waals surface area contributed by atoms with Crippen molar-refractivity contribution in [3.63, 3.8) is 0 Å². The van der Waals surface area contributed by atoms with Crippen LogP contribution in [0, 0.1) is 5.92 Å². The molecule has 1 aliphatic heterocycles. The lowest BCUT2D eigenvalue weighted by Crippen LogP contribution is -2.48. The van der Waals surface area contributed by atoms with Crippen molar-refractivity contribution >= 4 is 46.4 Å². The average Bonchev–Trinajstić information content (AvgIpc) is 3.12. The van der Waals surface area contributed by atoms with Crippen molar-refractivity contribution in [2.24, 2.45) is 5.92 Å². The first-order valence-electron chi connectivity index (χ1n) is 12.4. The van der Waals surface area contributed by atoms with E-state index in [1.165, 1.54) is 12.1 Å². The van der Waals surface area contributed by atoms with Gasteiger partial charge < -0.3 is 4.74 Å². The molecule has 194 valence electrons. The summed E-state index contributed by atoms with van der Waals surface area (Å²) in [6.45, 7) is 0.221. The largest absolute Gasteiger partial charge is 0.489 e. The summed E-state index contributed by atoms with van der Waals surface area (Å²) in [6, 6.07) is 26.2. The van der Waals surface area contributed by atoms with Gasteiger partial charge in [-0.05, 0) is 71.7 Å². The predicted octanol–water partition coefficient (Wildman–Crippen LogP) is 6.17. The minimum absolute atomic E-state index is 0.104. The van der Waals surface area contributed by atoms with Gasteiger partial charge in [0, 0.05) is 16.0 Å². The van der Waals surface area contributed by atoms with Gasteiger partial charge in [0.15, 0.2) is 19.7 Å². The molecule has 0 spiro atoms. The van der Waals surface area contributed by atoms with Crippen molar-refractivity contribution in [2.45, 2.75) is 33.1 Å². The molecular formula is C30H25BrO5S2. The molecule has 3 atom stereocenters. The number of halogens is 1. The first kappa shape index (κ1) is 25.3. The van der Waals surface area contributed by atoms with Crippen LogP contribution in [-0.2, 0) is 26.1 Å². The maximum absolute atomic E-state index is 14.3. The van der Waals surface area contributed by atoms with Crippen LogP contribution in [0.1, 0.15) is 12.0 Å². The summed E-state index contributed by atoms with van der Waals surface area (Å²) in [5.74, 6) is 0.140. The van der Waals surface area contributed by atoms with Crippen molar-refractivity contribution in [2.75, 3.05) is 6.61 Å². The summed E-state index contributed by atoms with van der Waals surface area (Å²) in [6.07, 6.45) is 2.35. The quantitative estimate of drug-likeness (QED) is 0.259. The highest BCUT2D eigenvalue weighted by atomic mass is 79.9. The molecule has 0 unspecified atom stereocenters. The molecule has 4 aromatic carbocycles. The number of fused-ring (bicyclic) bond motifs is 4. The third kappa shape index (κ3) is 4.28. The molecule has 1 aliphatic carbocycles. The lowest BCUT2D eigenvalue weighted by Gasteiger charge is -2.37. The monoisotopic (exact) mass is 608 g/mol. The highest BCUT2D eigenvalue weighted by Crippen LogP contribution is 2.44. The zero-order valence-electron chi connectivity index (χ0n) is 20.3. The van der Waals surface area contributed by atoms with Crippen LogP contribution in [0.4, 0.5) is 0 Å². The van der Waals surface area contributed by atoms with Gasteiger partial charge in [-0.25, -0.2) is 16.8 Å². The highest BCUT2D eigenvalue weighted by Gasteiger charge is 2.50. The summed E-state index contributed by atoms with van der Waals surface area (Å²) in [5.41, 5.74) is 1.73. The summed E-state index contributed by atoms with van der Waals surface area (Å²) in [5, 5.41) is -0.332. The van der Waals surface area contributed by atoms with E-state index in [2.05, 4.69) is 15.9 Å². The van der Waals surface area contributed by atoms with Gasteiger partial charge in [0.05, 0.1) is 20.3 Å². The van der Waals surface area contributed by atoms with Crippen LogP contribution in [0.3, 0.4) is 0 Å². The van der Waals surface area contributed by atoms with E-state index in [4.69, 9.17) is 4.74 Å². The van der Waals surface area contributed by atoms with Crippen LogP contribution in [0.2, 0.25) is 0 Å². The van der Waals surface area contributed by atoms with E-state index >= 15 is 0 Å². The number of rotatable bonds is 4. The number of hydrogen-bond acceptors (Lipinski definition) is 5. The minimum Gasteiger partial charge on any atom is -0.489 e. The fourth-order valence-electron chi connectivity index (χ4n) is 5.78. The molecule has 6 rings (SSSR count). The summed E-state index contributed by atoms with van der Waals surface area (Å²) < 4.78 is 63.8. The van der Waals surface area contributed by atoms with Crippen molar-refractivity contribution in [3.8, 4) is 5.75 Å². The Labute approximate surface area is 231 Å². The Kier molecular flexibility index (Phi) is 6.45. The Balaban J connectivity index is 1.55. The Bertz CT molecular complexity index is 1770. The molecule has 0 aromatic heterocycles. The van der Waals surface area contributed by atoms with Gasteiger partial charge in [0.1, 0.15) is 12.4 Å². The van der Waals surface area contributed by atoms with Crippen LogP contribution in [0.5, 0.6) is 5.75 Å². The molecule has 1 heterocycles. The Hall–Kier alpha value is -2.94. The molecule has 4 aromatic rings. The van der Waals surface area contributed by atoms with Gasteiger partial charge >= 0.3 is 0 Å². The Morgan fingerprint density at radius 2 is 1.42 bits per heavy atom. The van der Waals surface area contributed by atoms with Gasteiger partial charge in [-0.15, -0.1) is 0 Å². The first-order valence-corrected chi connectivity index (χ1v) is 16.3. The van der Waals surface area contributed by atoms with Crippen molar-refractivity contribution in [1.82, 2.24) is 0 Å². The van der Waals surface area contributed by atoms with Crippen LogP contribution >= 0.6 is 15.9 Å². The third-order valence-corrected chi connectivity index (χ3v) is 12.8. The van der Waals surface area contributed by atoms with Crippen LogP contribution in [0.15, 0.2) is 117 Å². The normalized spacial score (nSPS) is 21.5. The fraction of sp³-hybridized carbons (Fsp3) is 0.200. The molecule has 0 N–H and O–H groups in total. The molecule has 38 heavy (non-hydrogen) atoms. The van der Waals surface area contributed by atoms with Gasteiger partial charge in [0.2, 0.25) is 0 Å². The molecular weight excluding hydrogens is 584 g/mol. The van der Waals surface area contributed by atoms with Crippen molar-refractivity contribution in [1.29, 1.82) is 0 Å². The lowest BCUT2D eigenvalue weighted by atomic mass is 9.82. The molecule has 0 amide bonds. The minimum atomic E-state index is -4.03. The molecule has 0 saturated carbocycles. The molecule has 2 aliphatic rings. The zero-order chi connectivity index (χ0) is 26.5. The van der Waals surface area contributed by atoms with Gasteiger partial charge in [-0.2, -0.15) is 0 Å². The maximum atomic E-state index is 14.3. The SMILES string of the molecule is O=S(=O)(c1ccccc1)[C@H]1[C@@H]2Cc3c(ccc4cc(Br)ccc34)OCC2=CC[C@@H]1S(=O)(=O)c1ccccc1. The summed E-state index contributed by atoms with van der Waals surface area (Å²) in [4.78, 5) is 0.266. The number of allylic oxidation sites excluding steroid dienone is 1. The molecule has 0 radical (unpaired) electrons. The van der Waals surface area contributed by atoms with E-state index in [0.717, 1.165) is 26.4 Å².